The third kappa shape index (κ3) is 5.09. The lowest BCUT2D eigenvalue weighted by molar-refractivity contribution is 0.432. The van der Waals surface area contributed by atoms with Crippen LogP contribution in [0.1, 0.15) is 28.6 Å². The van der Waals surface area contributed by atoms with E-state index < -0.39 is 5.63 Å². The normalized spacial score (nSPS) is 16.5. The molecule has 0 aliphatic carbocycles. The van der Waals surface area contributed by atoms with Gasteiger partial charge in [0.25, 0.3) is 0 Å². The van der Waals surface area contributed by atoms with Crippen molar-refractivity contribution in [2.75, 3.05) is 12.3 Å². The van der Waals surface area contributed by atoms with Crippen molar-refractivity contribution >= 4 is 40.7 Å². The van der Waals surface area contributed by atoms with Crippen molar-refractivity contribution in [1.82, 2.24) is 0 Å². The van der Waals surface area contributed by atoms with Gasteiger partial charge in [0.15, 0.2) is 0 Å². The third-order valence-corrected chi connectivity index (χ3v) is 6.79. The van der Waals surface area contributed by atoms with E-state index in [2.05, 4.69) is 4.99 Å². The van der Waals surface area contributed by atoms with E-state index in [4.69, 9.17) is 32.4 Å². The summed E-state index contributed by atoms with van der Waals surface area (Å²) in [5, 5.41) is 11.3. The fourth-order valence-corrected chi connectivity index (χ4v) is 4.77. The van der Waals surface area contributed by atoms with Crippen LogP contribution in [0.2, 0.25) is 10.0 Å². The van der Waals surface area contributed by atoms with Crippen molar-refractivity contribution in [1.29, 1.82) is 0 Å². The zero-order valence-corrected chi connectivity index (χ0v) is 18.9. The molecule has 31 heavy (non-hydrogen) atoms. The maximum Gasteiger partial charge on any atom is 0.348 e. The summed E-state index contributed by atoms with van der Waals surface area (Å²) in [6.07, 6.45) is 0.488. The van der Waals surface area contributed by atoms with Crippen LogP contribution in [0.4, 0.5) is 0 Å². The Bertz CT molecular complexity index is 1210. The summed E-state index contributed by atoms with van der Waals surface area (Å²) in [7, 11) is 0. The first-order valence-corrected chi connectivity index (χ1v) is 11.4. The number of nitrogens with zero attached hydrogens (tertiary/aromatic N) is 1. The number of hydrogen-bond donors (Lipinski definition) is 1. The molecule has 0 amide bonds. The van der Waals surface area contributed by atoms with Crippen molar-refractivity contribution in [3.63, 3.8) is 0 Å². The molecule has 1 N–H and O–H groups in total. The van der Waals surface area contributed by atoms with Crippen LogP contribution >= 0.6 is 35.0 Å². The molecule has 160 valence electrons. The molecule has 2 heterocycles. The van der Waals surface area contributed by atoms with Crippen LogP contribution in [0, 0.1) is 6.92 Å². The number of rotatable bonds is 4. The lowest BCUT2D eigenvalue weighted by atomic mass is 10.0. The highest BCUT2D eigenvalue weighted by atomic mass is 35.5. The number of hydrogen-bond acceptors (Lipinski definition) is 6. The molecule has 0 spiro atoms. The summed E-state index contributed by atoms with van der Waals surface area (Å²) < 4.78 is 11.1. The molecule has 1 aliphatic rings. The third-order valence-electron chi connectivity index (χ3n) is 4.79. The first kappa shape index (κ1) is 21.8. The predicted molar refractivity (Wildman–Crippen MR) is 126 cm³/mol. The molecule has 8 heteroatoms. The molecule has 0 saturated carbocycles. The molecule has 1 unspecified atom stereocenters. The van der Waals surface area contributed by atoms with E-state index in [1.54, 1.807) is 36.9 Å². The van der Waals surface area contributed by atoms with Gasteiger partial charge in [-0.1, -0.05) is 35.3 Å². The van der Waals surface area contributed by atoms with Gasteiger partial charge in [0.05, 0.1) is 15.8 Å². The van der Waals surface area contributed by atoms with Gasteiger partial charge in [0.1, 0.15) is 28.6 Å². The van der Waals surface area contributed by atoms with Gasteiger partial charge in [0.2, 0.25) is 0 Å². The van der Waals surface area contributed by atoms with Crippen LogP contribution in [0.25, 0.3) is 0 Å². The van der Waals surface area contributed by atoms with E-state index in [9.17, 15) is 9.90 Å². The quantitative estimate of drug-likeness (QED) is 0.471. The molecule has 2 aromatic carbocycles. The summed E-state index contributed by atoms with van der Waals surface area (Å²) in [4.78, 5) is 16.9. The zero-order valence-electron chi connectivity index (χ0n) is 16.6. The van der Waals surface area contributed by atoms with E-state index in [0.29, 0.717) is 46.0 Å². The molecule has 0 radical (unpaired) electrons. The van der Waals surface area contributed by atoms with Gasteiger partial charge in [0, 0.05) is 36.1 Å². The molecule has 5 nitrogen and oxygen atoms in total. The Morgan fingerprint density at radius 1 is 1.13 bits per heavy atom. The Hall–Kier alpha value is -2.41. The molecule has 1 atom stereocenters. The number of aryl methyl sites for hydroxylation is 1. The number of aromatic hydroxyl groups is 1. The second kappa shape index (κ2) is 9.39. The lowest BCUT2D eigenvalue weighted by Crippen LogP contribution is -2.17. The molecular formula is C23H19Cl2NO4S. The van der Waals surface area contributed by atoms with Gasteiger partial charge in [-0.15, -0.1) is 0 Å². The van der Waals surface area contributed by atoms with Crippen molar-refractivity contribution in [2.45, 2.75) is 18.6 Å². The second-order valence-electron chi connectivity index (χ2n) is 7.05. The predicted octanol–water partition coefficient (Wildman–Crippen LogP) is 6.42. The van der Waals surface area contributed by atoms with Gasteiger partial charge < -0.3 is 14.3 Å². The minimum atomic E-state index is -0.571. The molecule has 4 rings (SSSR count). The van der Waals surface area contributed by atoms with Crippen molar-refractivity contribution in [3.05, 3.63) is 85.9 Å². The highest BCUT2D eigenvalue weighted by Crippen LogP contribution is 2.38. The summed E-state index contributed by atoms with van der Waals surface area (Å²) in [6, 6.07) is 14.3. The molecular weight excluding hydrogens is 457 g/mol. The largest absolute Gasteiger partial charge is 0.507 e. The Morgan fingerprint density at radius 3 is 2.71 bits per heavy atom. The average molecular weight is 476 g/mol. The highest BCUT2D eigenvalue weighted by molar-refractivity contribution is 7.99. The van der Waals surface area contributed by atoms with Crippen LogP contribution in [-0.4, -0.2) is 23.1 Å². The summed E-state index contributed by atoms with van der Waals surface area (Å²) >= 11 is 13.8. The van der Waals surface area contributed by atoms with Gasteiger partial charge in [-0.3, -0.25) is 4.99 Å². The van der Waals surface area contributed by atoms with Crippen LogP contribution in [0.5, 0.6) is 17.2 Å². The maximum atomic E-state index is 12.4. The Balaban J connectivity index is 1.59. The van der Waals surface area contributed by atoms with Crippen LogP contribution in [0.15, 0.2) is 62.7 Å². The van der Waals surface area contributed by atoms with Gasteiger partial charge in [-0.05, 0) is 36.8 Å². The summed E-state index contributed by atoms with van der Waals surface area (Å²) in [5.41, 5.74) is 1.16. The minimum absolute atomic E-state index is 0.0405. The number of thioether (sulfide) groups is 1. The summed E-state index contributed by atoms with van der Waals surface area (Å²) in [5.74, 6) is 2.30. The van der Waals surface area contributed by atoms with E-state index in [0.717, 1.165) is 11.3 Å². The van der Waals surface area contributed by atoms with Crippen LogP contribution in [-0.2, 0) is 0 Å². The van der Waals surface area contributed by atoms with E-state index in [-0.39, 0.29) is 16.6 Å². The monoisotopic (exact) mass is 475 g/mol. The SMILES string of the molecule is Cc1cc(O)c(C2=NCCSC(c3cccc(Oc4ccc(Cl)c(Cl)c4)c3)C2)c(=O)o1. The first-order chi connectivity index (χ1) is 14.9. The summed E-state index contributed by atoms with van der Waals surface area (Å²) in [6.45, 7) is 2.18. The number of aliphatic imine (C=N–C) groups is 1. The topological polar surface area (TPSA) is 72.0 Å². The lowest BCUT2D eigenvalue weighted by Gasteiger charge is -2.17. The van der Waals surface area contributed by atoms with Crippen molar-refractivity contribution in [2.24, 2.45) is 4.99 Å². The molecule has 1 aliphatic heterocycles. The second-order valence-corrected chi connectivity index (χ2v) is 9.17. The van der Waals surface area contributed by atoms with E-state index in [1.807, 2.05) is 24.3 Å². The number of halogens is 2. The molecule has 0 saturated heterocycles. The Kier molecular flexibility index (Phi) is 6.60. The average Bonchev–Trinajstić information content (AvgIpc) is 2.96. The highest BCUT2D eigenvalue weighted by Gasteiger charge is 2.24. The van der Waals surface area contributed by atoms with Crippen molar-refractivity contribution < 1.29 is 14.3 Å². The molecule has 3 aromatic rings. The molecule has 1 aromatic heterocycles. The van der Waals surface area contributed by atoms with Gasteiger partial charge in [-0.2, -0.15) is 11.8 Å². The van der Waals surface area contributed by atoms with E-state index >= 15 is 0 Å². The maximum absolute atomic E-state index is 12.4. The number of benzene rings is 2. The minimum Gasteiger partial charge on any atom is -0.507 e. The van der Waals surface area contributed by atoms with Crippen molar-refractivity contribution in [3.8, 4) is 17.2 Å². The fourth-order valence-electron chi connectivity index (χ4n) is 3.39. The van der Waals surface area contributed by atoms with Gasteiger partial charge >= 0.3 is 5.63 Å². The molecule has 0 fully saturated rings. The van der Waals surface area contributed by atoms with Crippen LogP contribution in [0.3, 0.4) is 0 Å². The Labute approximate surface area is 193 Å². The Morgan fingerprint density at radius 2 is 1.94 bits per heavy atom. The zero-order chi connectivity index (χ0) is 22.0. The smallest absolute Gasteiger partial charge is 0.348 e. The fraction of sp³-hybridized carbons (Fsp3) is 0.217. The van der Waals surface area contributed by atoms with Gasteiger partial charge in [-0.25, -0.2) is 4.79 Å². The first-order valence-electron chi connectivity index (χ1n) is 9.62. The van der Waals surface area contributed by atoms with Crippen LogP contribution < -0.4 is 10.4 Å². The molecule has 0 bridgehead atoms. The number of ether oxygens (including phenoxy) is 1. The standard InChI is InChI=1S/C23H19Cl2NO4S/c1-13-9-20(27)22(23(28)29-13)19-12-21(31-8-7-26-19)14-3-2-4-15(10-14)30-16-5-6-17(24)18(25)11-16/h2-6,9-11,21,27H,7-8,12H2,1H3. The van der Waals surface area contributed by atoms with E-state index in [1.165, 1.54) is 6.07 Å².